The molecule has 0 fully saturated rings. The summed E-state index contributed by atoms with van der Waals surface area (Å²) in [5, 5.41) is 9.19. The Morgan fingerprint density at radius 2 is 1.93 bits per heavy atom. The van der Waals surface area contributed by atoms with Crippen LogP contribution in [-0.2, 0) is 4.79 Å². The van der Waals surface area contributed by atoms with Crippen LogP contribution in [0.25, 0.3) is 11.3 Å². The van der Waals surface area contributed by atoms with Crippen molar-refractivity contribution in [3.8, 4) is 17.1 Å². The van der Waals surface area contributed by atoms with Gasteiger partial charge in [-0.3, -0.25) is 9.69 Å². The van der Waals surface area contributed by atoms with Gasteiger partial charge in [0.1, 0.15) is 0 Å². The first-order valence-electron chi connectivity index (χ1n) is 9.50. The number of thioether (sulfide) groups is 1. The van der Waals surface area contributed by atoms with Crippen LogP contribution in [0.1, 0.15) is 36.8 Å². The summed E-state index contributed by atoms with van der Waals surface area (Å²) >= 11 is 1.50. The fraction of sp³-hybridized carbons (Fsp3) is 0.273. The normalized spacial score (nSPS) is 15.2. The van der Waals surface area contributed by atoms with E-state index in [2.05, 4.69) is 35.1 Å². The van der Waals surface area contributed by atoms with E-state index in [9.17, 15) is 4.79 Å². The number of benzene rings is 2. The zero-order chi connectivity index (χ0) is 20.5. The molecule has 4 rings (SSSR count). The molecule has 1 unspecified atom stereocenters. The van der Waals surface area contributed by atoms with E-state index in [0.29, 0.717) is 16.7 Å². The Morgan fingerprint density at radius 1 is 1.14 bits per heavy atom. The number of carbonyl (C=O) groups is 1. The molecule has 3 aromatic rings. The van der Waals surface area contributed by atoms with Crippen molar-refractivity contribution < 1.29 is 9.53 Å². The number of aromatic nitrogens is 3. The van der Waals surface area contributed by atoms with Crippen molar-refractivity contribution >= 4 is 23.4 Å². The number of aryl methyl sites for hydroxylation is 2. The molecule has 0 saturated heterocycles. The van der Waals surface area contributed by atoms with Gasteiger partial charge in [-0.2, -0.15) is 4.98 Å². The van der Waals surface area contributed by atoms with Gasteiger partial charge in [0.2, 0.25) is 23.2 Å². The van der Waals surface area contributed by atoms with E-state index >= 15 is 0 Å². The van der Waals surface area contributed by atoms with Crippen LogP contribution in [0.15, 0.2) is 47.6 Å². The fourth-order valence-electron chi connectivity index (χ4n) is 3.38. The quantitative estimate of drug-likeness (QED) is 0.587. The molecule has 1 aliphatic rings. The molecule has 1 aromatic heterocycles. The van der Waals surface area contributed by atoms with Crippen LogP contribution >= 0.6 is 11.8 Å². The molecule has 148 valence electrons. The molecule has 6 nitrogen and oxygen atoms in total. The first-order valence-corrected chi connectivity index (χ1v) is 10.5. The molecule has 0 radical (unpaired) electrons. The van der Waals surface area contributed by atoms with Crippen LogP contribution in [0, 0.1) is 13.8 Å². The van der Waals surface area contributed by atoms with Gasteiger partial charge in [0.25, 0.3) is 0 Å². The van der Waals surface area contributed by atoms with Crippen molar-refractivity contribution in [3.63, 3.8) is 0 Å². The third-order valence-corrected chi connectivity index (χ3v) is 5.66. The number of rotatable bonds is 3. The lowest BCUT2D eigenvalue weighted by Gasteiger charge is -2.30. The van der Waals surface area contributed by atoms with Gasteiger partial charge in [0.05, 0.1) is 5.69 Å². The summed E-state index contributed by atoms with van der Waals surface area (Å²) in [6.07, 6.45) is -0.648. The van der Waals surface area contributed by atoms with E-state index in [1.807, 2.05) is 43.3 Å². The third-order valence-electron chi connectivity index (χ3n) is 4.94. The second-order valence-corrected chi connectivity index (χ2v) is 8.13. The SMILES string of the molecule is CCSc1nnc2c(n1)OC(c1ccc(C)c(C)c1)N(C(C)=O)c1ccccc1-2. The lowest BCUT2D eigenvalue weighted by molar-refractivity contribution is -0.118. The van der Waals surface area contributed by atoms with Crippen molar-refractivity contribution in [2.45, 2.75) is 39.1 Å². The van der Waals surface area contributed by atoms with Crippen LogP contribution in [0.3, 0.4) is 0 Å². The minimum absolute atomic E-state index is 0.121. The molecule has 0 aliphatic carbocycles. The first kappa shape index (κ1) is 19.4. The fourth-order valence-corrected chi connectivity index (χ4v) is 3.88. The van der Waals surface area contributed by atoms with Gasteiger partial charge < -0.3 is 4.74 Å². The Kier molecular flexibility index (Phi) is 5.24. The van der Waals surface area contributed by atoms with Gasteiger partial charge >= 0.3 is 0 Å². The average Bonchev–Trinajstić information content (AvgIpc) is 2.84. The highest BCUT2D eigenvalue weighted by molar-refractivity contribution is 7.99. The molecule has 0 saturated carbocycles. The maximum Gasteiger partial charge on any atom is 0.247 e. The molecule has 1 atom stereocenters. The lowest BCUT2D eigenvalue weighted by Crippen LogP contribution is -2.36. The number of hydrogen-bond donors (Lipinski definition) is 0. The summed E-state index contributed by atoms with van der Waals surface area (Å²) < 4.78 is 6.36. The van der Waals surface area contributed by atoms with Gasteiger partial charge in [0.15, 0.2) is 5.69 Å². The maximum absolute atomic E-state index is 12.8. The summed E-state index contributed by atoms with van der Waals surface area (Å²) in [6, 6.07) is 13.7. The zero-order valence-electron chi connectivity index (χ0n) is 16.8. The number of fused-ring (bicyclic) bond motifs is 3. The maximum atomic E-state index is 12.8. The molecular formula is C22H22N4O2S. The number of carbonyl (C=O) groups excluding carboxylic acids is 1. The van der Waals surface area contributed by atoms with Crippen LogP contribution in [-0.4, -0.2) is 26.8 Å². The van der Waals surface area contributed by atoms with Gasteiger partial charge in [-0.25, -0.2) is 0 Å². The van der Waals surface area contributed by atoms with Gasteiger partial charge in [0, 0.05) is 18.1 Å². The first-order chi connectivity index (χ1) is 14.0. The summed E-state index contributed by atoms with van der Waals surface area (Å²) in [5.74, 6) is 1.09. The number of ether oxygens (including phenoxy) is 1. The van der Waals surface area contributed by atoms with Crippen molar-refractivity contribution in [3.05, 3.63) is 59.2 Å². The largest absolute Gasteiger partial charge is 0.447 e. The topological polar surface area (TPSA) is 68.2 Å². The van der Waals surface area contributed by atoms with Crippen molar-refractivity contribution in [2.24, 2.45) is 0 Å². The highest BCUT2D eigenvalue weighted by Crippen LogP contribution is 2.43. The smallest absolute Gasteiger partial charge is 0.247 e. The third kappa shape index (κ3) is 3.58. The second kappa shape index (κ2) is 7.83. The number of amides is 1. The predicted molar refractivity (Wildman–Crippen MR) is 114 cm³/mol. The van der Waals surface area contributed by atoms with E-state index in [0.717, 1.165) is 28.1 Å². The van der Waals surface area contributed by atoms with E-state index in [1.54, 1.807) is 11.8 Å². The number of hydrogen-bond acceptors (Lipinski definition) is 6. The summed E-state index contributed by atoms with van der Waals surface area (Å²) in [6.45, 7) is 7.69. The zero-order valence-corrected chi connectivity index (χ0v) is 17.7. The molecule has 0 spiro atoms. The molecule has 0 bridgehead atoms. The Bertz CT molecular complexity index is 1090. The standard InChI is InChI=1S/C22H22N4O2S/c1-5-29-22-23-20-19(24-25-22)17-8-6-7-9-18(17)26(15(4)27)21(28-20)16-11-10-13(2)14(3)12-16/h6-12,21H,5H2,1-4H3. The van der Waals surface area contributed by atoms with E-state index in [4.69, 9.17) is 4.74 Å². The predicted octanol–water partition coefficient (Wildman–Crippen LogP) is 4.71. The van der Waals surface area contributed by atoms with Gasteiger partial charge in [-0.15, -0.1) is 10.2 Å². The van der Waals surface area contributed by atoms with E-state index in [-0.39, 0.29) is 5.91 Å². The lowest BCUT2D eigenvalue weighted by atomic mass is 10.0. The summed E-state index contributed by atoms with van der Waals surface area (Å²) in [4.78, 5) is 19.0. The minimum Gasteiger partial charge on any atom is -0.447 e. The highest BCUT2D eigenvalue weighted by atomic mass is 32.2. The van der Waals surface area contributed by atoms with Crippen LogP contribution in [0.5, 0.6) is 5.88 Å². The second-order valence-electron chi connectivity index (χ2n) is 6.90. The number of anilines is 1. The molecule has 0 N–H and O–H groups in total. The number of para-hydroxylation sites is 1. The Balaban J connectivity index is 1.95. The molecule has 2 heterocycles. The van der Waals surface area contributed by atoms with Crippen LogP contribution in [0.2, 0.25) is 0 Å². The number of nitrogens with zero attached hydrogens (tertiary/aromatic N) is 4. The summed E-state index contributed by atoms with van der Waals surface area (Å²) in [7, 11) is 0. The molecule has 7 heteroatoms. The van der Waals surface area contributed by atoms with Gasteiger partial charge in [-0.05, 0) is 36.8 Å². The van der Waals surface area contributed by atoms with Crippen LogP contribution < -0.4 is 9.64 Å². The van der Waals surface area contributed by atoms with Crippen molar-refractivity contribution in [1.29, 1.82) is 0 Å². The highest BCUT2D eigenvalue weighted by Gasteiger charge is 2.34. The molecular weight excluding hydrogens is 384 g/mol. The minimum atomic E-state index is -0.648. The van der Waals surface area contributed by atoms with E-state index in [1.165, 1.54) is 17.3 Å². The van der Waals surface area contributed by atoms with Crippen molar-refractivity contribution in [1.82, 2.24) is 15.2 Å². The summed E-state index contributed by atoms with van der Waals surface area (Å²) in [5.41, 5.74) is 5.25. The molecule has 1 aliphatic heterocycles. The molecule has 2 aromatic carbocycles. The van der Waals surface area contributed by atoms with Crippen molar-refractivity contribution in [2.75, 3.05) is 10.7 Å². The van der Waals surface area contributed by atoms with Crippen LogP contribution in [0.4, 0.5) is 5.69 Å². The Labute approximate surface area is 174 Å². The Morgan fingerprint density at radius 3 is 2.66 bits per heavy atom. The Hall–Kier alpha value is -2.93. The molecule has 1 amide bonds. The van der Waals surface area contributed by atoms with Gasteiger partial charge in [-0.1, -0.05) is 55.1 Å². The average molecular weight is 407 g/mol. The van der Waals surface area contributed by atoms with E-state index < -0.39 is 6.23 Å². The molecule has 29 heavy (non-hydrogen) atoms. The monoisotopic (exact) mass is 406 g/mol.